The van der Waals surface area contributed by atoms with Crippen LogP contribution in [0.1, 0.15) is 39.4 Å². The predicted molar refractivity (Wildman–Crippen MR) is 57.9 cm³/mol. The monoisotopic (exact) mass is 194 g/mol. The van der Waals surface area contributed by atoms with Gasteiger partial charge in [0.05, 0.1) is 11.8 Å². The Morgan fingerprint density at radius 1 is 1.50 bits per heavy atom. The number of hydrogen-bond acceptors (Lipinski definition) is 2. The van der Waals surface area contributed by atoms with Crippen molar-refractivity contribution in [3.8, 4) is 0 Å². The molecular weight excluding hydrogens is 176 g/mol. The molecule has 78 valence electrons. The van der Waals surface area contributed by atoms with E-state index in [-0.39, 0.29) is 0 Å². The van der Waals surface area contributed by atoms with E-state index in [1.807, 2.05) is 23.7 Å². The first-order chi connectivity index (χ1) is 6.52. The van der Waals surface area contributed by atoms with Crippen LogP contribution in [0.3, 0.4) is 0 Å². The Kier molecular flexibility index (Phi) is 3.47. The summed E-state index contributed by atoms with van der Waals surface area (Å²) in [6.45, 7) is 7.86. The van der Waals surface area contributed by atoms with Gasteiger partial charge in [-0.25, -0.2) is 0 Å². The maximum atomic E-state index is 9.35. The van der Waals surface area contributed by atoms with Gasteiger partial charge >= 0.3 is 0 Å². The lowest BCUT2D eigenvalue weighted by Crippen LogP contribution is -2.06. The first-order valence-electron chi connectivity index (χ1n) is 4.92. The molecule has 1 rings (SSSR count). The summed E-state index contributed by atoms with van der Waals surface area (Å²) >= 11 is 0. The van der Waals surface area contributed by atoms with Gasteiger partial charge < -0.3 is 5.11 Å². The zero-order chi connectivity index (χ0) is 10.7. The zero-order valence-electron chi connectivity index (χ0n) is 9.23. The van der Waals surface area contributed by atoms with Gasteiger partial charge in [-0.3, -0.25) is 4.68 Å². The van der Waals surface area contributed by atoms with Crippen LogP contribution in [0.4, 0.5) is 0 Å². The lowest BCUT2D eigenvalue weighted by Gasteiger charge is -2.10. The summed E-state index contributed by atoms with van der Waals surface area (Å²) in [5.41, 5.74) is 1.99. The molecule has 1 unspecified atom stereocenters. The molecule has 3 heteroatoms. The molecule has 0 bridgehead atoms. The average molecular weight is 194 g/mol. The molecule has 0 aromatic carbocycles. The lowest BCUT2D eigenvalue weighted by atomic mass is 10.1. The van der Waals surface area contributed by atoms with Gasteiger partial charge in [-0.15, -0.1) is 0 Å². The van der Waals surface area contributed by atoms with Gasteiger partial charge in [-0.2, -0.15) is 5.10 Å². The second-order valence-electron chi connectivity index (χ2n) is 3.86. The summed E-state index contributed by atoms with van der Waals surface area (Å²) in [7, 11) is 0. The van der Waals surface area contributed by atoms with E-state index in [0.717, 1.165) is 11.3 Å². The molecule has 1 atom stereocenters. The molecule has 14 heavy (non-hydrogen) atoms. The molecule has 0 spiro atoms. The zero-order valence-corrected chi connectivity index (χ0v) is 9.23. The molecule has 0 saturated heterocycles. The normalized spacial score (nSPS) is 14.9. The Labute approximate surface area is 85.1 Å². The van der Waals surface area contributed by atoms with Crippen molar-refractivity contribution in [2.45, 2.75) is 39.8 Å². The van der Waals surface area contributed by atoms with Crippen molar-refractivity contribution in [3.63, 3.8) is 0 Å². The van der Waals surface area contributed by atoms with Gasteiger partial charge in [-0.1, -0.05) is 0 Å². The highest BCUT2D eigenvalue weighted by Gasteiger charge is 2.05. The molecule has 0 aliphatic rings. The van der Waals surface area contributed by atoms with Crippen molar-refractivity contribution >= 4 is 6.08 Å². The molecule has 0 aliphatic heterocycles. The largest absolute Gasteiger partial charge is 0.389 e. The van der Waals surface area contributed by atoms with E-state index in [2.05, 4.69) is 18.9 Å². The molecule has 1 N–H and O–H groups in total. The van der Waals surface area contributed by atoms with E-state index in [4.69, 9.17) is 0 Å². The molecule has 1 aromatic heterocycles. The SMILES string of the molecule is C/C(=C/c1ccnn1C(C)C)C(C)O. The highest BCUT2D eigenvalue weighted by molar-refractivity contribution is 5.49. The minimum atomic E-state index is -0.398. The Balaban J connectivity index is 2.96. The van der Waals surface area contributed by atoms with Crippen LogP contribution in [-0.2, 0) is 0 Å². The summed E-state index contributed by atoms with van der Waals surface area (Å²) < 4.78 is 1.94. The number of rotatable bonds is 3. The third kappa shape index (κ3) is 2.45. The predicted octanol–water partition coefficient (Wildman–Crippen LogP) is 2.25. The minimum Gasteiger partial charge on any atom is -0.389 e. The summed E-state index contributed by atoms with van der Waals surface area (Å²) in [6.07, 6.45) is 3.35. The standard InChI is InChI=1S/C11H18N2O/c1-8(2)13-11(5-6-12-13)7-9(3)10(4)14/h5-8,10,14H,1-4H3/b9-7-. The van der Waals surface area contributed by atoms with Crippen molar-refractivity contribution in [1.29, 1.82) is 0 Å². The Bertz CT molecular complexity index is 324. The van der Waals surface area contributed by atoms with Gasteiger partial charge in [0.2, 0.25) is 0 Å². The molecule has 0 radical (unpaired) electrons. The van der Waals surface area contributed by atoms with Crippen LogP contribution in [0.25, 0.3) is 6.08 Å². The van der Waals surface area contributed by atoms with Crippen LogP contribution >= 0.6 is 0 Å². The van der Waals surface area contributed by atoms with Gasteiger partial charge in [0.25, 0.3) is 0 Å². The number of aliphatic hydroxyl groups excluding tert-OH is 1. The third-order valence-corrected chi connectivity index (χ3v) is 2.22. The van der Waals surface area contributed by atoms with E-state index in [9.17, 15) is 5.11 Å². The highest BCUT2D eigenvalue weighted by atomic mass is 16.3. The summed E-state index contributed by atoms with van der Waals surface area (Å²) in [4.78, 5) is 0. The Morgan fingerprint density at radius 3 is 2.64 bits per heavy atom. The highest BCUT2D eigenvalue weighted by Crippen LogP contribution is 2.13. The van der Waals surface area contributed by atoms with Gasteiger partial charge in [-0.05, 0) is 45.4 Å². The fourth-order valence-electron chi connectivity index (χ4n) is 1.22. The van der Waals surface area contributed by atoms with Crippen LogP contribution in [0.5, 0.6) is 0 Å². The molecule has 0 aliphatic carbocycles. The smallest absolute Gasteiger partial charge is 0.0723 e. The molecule has 1 aromatic rings. The summed E-state index contributed by atoms with van der Waals surface area (Å²) in [5, 5.41) is 13.6. The fraction of sp³-hybridized carbons (Fsp3) is 0.545. The molecule has 1 heterocycles. The van der Waals surface area contributed by atoms with Crippen LogP contribution in [0.15, 0.2) is 17.8 Å². The fourth-order valence-corrected chi connectivity index (χ4v) is 1.22. The van der Waals surface area contributed by atoms with Gasteiger partial charge in [0.1, 0.15) is 0 Å². The first kappa shape index (κ1) is 11.0. The molecule has 0 fully saturated rings. The summed E-state index contributed by atoms with van der Waals surface area (Å²) in [5.74, 6) is 0. The van der Waals surface area contributed by atoms with Crippen molar-refractivity contribution < 1.29 is 5.11 Å². The van der Waals surface area contributed by atoms with E-state index in [1.165, 1.54) is 0 Å². The van der Waals surface area contributed by atoms with E-state index in [0.29, 0.717) is 6.04 Å². The number of hydrogen-bond donors (Lipinski definition) is 1. The van der Waals surface area contributed by atoms with Crippen LogP contribution < -0.4 is 0 Å². The second-order valence-corrected chi connectivity index (χ2v) is 3.86. The second kappa shape index (κ2) is 4.42. The van der Waals surface area contributed by atoms with E-state index in [1.54, 1.807) is 13.1 Å². The molecule has 3 nitrogen and oxygen atoms in total. The van der Waals surface area contributed by atoms with Crippen LogP contribution in [0, 0.1) is 0 Å². The Morgan fingerprint density at radius 2 is 2.14 bits per heavy atom. The first-order valence-corrected chi connectivity index (χ1v) is 4.92. The lowest BCUT2D eigenvalue weighted by molar-refractivity contribution is 0.232. The van der Waals surface area contributed by atoms with E-state index >= 15 is 0 Å². The van der Waals surface area contributed by atoms with Crippen molar-refractivity contribution in [1.82, 2.24) is 9.78 Å². The topological polar surface area (TPSA) is 38.0 Å². The van der Waals surface area contributed by atoms with Gasteiger partial charge in [0, 0.05) is 12.2 Å². The van der Waals surface area contributed by atoms with Crippen molar-refractivity contribution in [2.75, 3.05) is 0 Å². The maximum absolute atomic E-state index is 9.35. The van der Waals surface area contributed by atoms with Crippen LogP contribution in [-0.4, -0.2) is 21.0 Å². The van der Waals surface area contributed by atoms with Gasteiger partial charge in [0.15, 0.2) is 0 Å². The molecule has 0 saturated carbocycles. The molecule has 0 amide bonds. The molecular formula is C11H18N2O. The number of aliphatic hydroxyl groups is 1. The van der Waals surface area contributed by atoms with Crippen molar-refractivity contribution in [2.24, 2.45) is 0 Å². The quantitative estimate of drug-likeness (QED) is 0.801. The van der Waals surface area contributed by atoms with Crippen molar-refractivity contribution in [3.05, 3.63) is 23.5 Å². The Hall–Kier alpha value is -1.09. The van der Waals surface area contributed by atoms with Crippen LogP contribution in [0.2, 0.25) is 0 Å². The maximum Gasteiger partial charge on any atom is 0.0723 e. The number of nitrogens with zero attached hydrogens (tertiary/aromatic N) is 2. The number of aromatic nitrogens is 2. The summed E-state index contributed by atoms with van der Waals surface area (Å²) in [6, 6.07) is 2.30. The average Bonchev–Trinajstić information content (AvgIpc) is 2.52. The third-order valence-electron chi connectivity index (χ3n) is 2.22. The van der Waals surface area contributed by atoms with E-state index < -0.39 is 6.10 Å². The minimum absolute atomic E-state index is 0.345.